The molecule has 104 valence electrons. The number of carbonyl (C=O) groups excluding carboxylic acids is 1. The van der Waals surface area contributed by atoms with E-state index in [1.54, 1.807) is 7.11 Å². The van der Waals surface area contributed by atoms with Crippen LogP contribution in [0.5, 0.6) is 0 Å². The Morgan fingerprint density at radius 3 is 2.79 bits per heavy atom. The summed E-state index contributed by atoms with van der Waals surface area (Å²) in [6.07, 6.45) is 1.41. The van der Waals surface area contributed by atoms with E-state index in [9.17, 15) is 4.79 Å². The third-order valence-electron chi connectivity index (χ3n) is 2.83. The molecule has 1 rings (SSSR count). The van der Waals surface area contributed by atoms with Crippen LogP contribution in [0.2, 0.25) is 0 Å². The Hall–Kier alpha value is -1.42. The molecule has 0 aliphatic carbocycles. The monoisotopic (exact) mass is 280 g/mol. The molecule has 1 aromatic carbocycles. The predicted octanol–water partition coefficient (Wildman–Crippen LogP) is 3.26. The van der Waals surface area contributed by atoms with Gasteiger partial charge in [0.25, 0.3) is 0 Å². The molecule has 0 spiro atoms. The summed E-state index contributed by atoms with van der Waals surface area (Å²) in [4.78, 5) is 11.8. The summed E-state index contributed by atoms with van der Waals surface area (Å²) in [7, 11) is 1.57. The van der Waals surface area contributed by atoms with Crippen molar-refractivity contribution in [3.63, 3.8) is 0 Å². The van der Waals surface area contributed by atoms with Crippen molar-refractivity contribution in [3.8, 4) is 0 Å². The van der Waals surface area contributed by atoms with E-state index in [0.29, 0.717) is 18.1 Å². The molecule has 0 aromatic heterocycles. The van der Waals surface area contributed by atoms with E-state index in [4.69, 9.17) is 21.7 Å². The highest BCUT2D eigenvalue weighted by atomic mass is 32.1. The number of hydrogen-bond acceptors (Lipinski definition) is 4. The van der Waals surface area contributed by atoms with Gasteiger partial charge in [0.15, 0.2) is 5.05 Å². The quantitative estimate of drug-likeness (QED) is 0.592. The minimum Gasteiger partial charge on any atom is -0.490 e. The Labute approximate surface area is 119 Å². The average Bonchev–Trinajstić information content (AvgIpc) is 2.44. The number of carbonyl (C=O) groups is 1. The third kappa shape index (κ3) is 4.99. The second kappa shape index (κ2) is 7.89. The van der Waals surface area contributed by atoms with Crippen LogP contribution >= 0.6 is 12.2 Å². The SMILES string of the molecule is CCCOC(=O)C(C)c1cccc(CC(=S)OC)c1. The van der Waals surface area contributed by atoms with Crippen molar-refractivity contribution in [2.24, 2.45) is 0 Å². The van der Waals surface area contributed by atoms with Gasteiger partial charge in [0.05, 0.1) is 19.6 Å². The zero-order valence-electron chi connectivity index (χ0n) is 11.6. The molecule has 0 aliphatic rings. The Bertz CT molecular complexity index is 443. The van der Waals surface area contributed by atoms with Crippen LogP contribution in [0.15, 0.2) is 24.3 Å². The molecule has 0 aliphatic heterocycles. The van der Waals surface area contributed by atoms with Crippen LogP contribution < -0.4 is 0 Å². The lowest BCUT2D eigenvalue weighted by atomic mass is 9.98. The molecule has 0 saturated carbocycles. The van der Waals surface area contributed by atoms with Crippen LogP contribution in [0.4, 0.5) is 0 Å². The first-order valence-corrected chi connectivity index (χ1v) is 6.81. The second-order valence-electron chi connectivity index (χ2n) is 4.39. The molecular weight excluding hydrogens is 260 g/mol. The largest absolute Gasteiger partial charge is 0.490 e. The van der Waals surface area contributed by atoms with Crippen molar-refractivity contribution in [3.05, 3.63) is 35.4 Å². The lowest BCUT2D eigenvalue weighted by Gasteiger charge is -2.12. The number of ether oxygens (including phenoxy) is 2. The molecule has 0 amide bonds. The van der Waals surface area contributed by atoms with E-state index in [-0.39, 0.29) is 11.9 Å². The molecule has 1 atom stereocenters. The fraction of sp³-hybridized carbons (Fsp3) is 0.467. The van der Waals surface area contributed by atoms with Crippen LogP contribution in [0.1, 0.15) is 37.3 Å². The molecule has 1 unspecified atom stereocenters. The van der Waals surface area contributed by atoms with Crippen molar-refractivity contribution < 1.29 is 14.3 Å². The standard InChI is InChI=1S/C15H20O3S/c1-4-8-18-15(16)11(2)13-7-5-6-12(9-13)10-14(19)17-3/h5-7,9,11H,4,8,10H2,1-3H3. The third-order valence-corrected chi connectivity index (χ3v) is 3.14. The highest BCUT2D eigenvalue weighted by Gasteiger charge is 2.16. The van der Waals surface area contributed by atoms with Crippen LogP contribution in [0.3, 0.4) is 0 Å². The van der Waals surface area contributed by atoms with Crippen molar-refractivity contribution >= 4 is 23.2 Å². The average molecular weight is 280 g/mol. The second-order valence-corrected chi connectivity index (χ2v) is 4.84. The summed E-state index contributed by atoms with van der Waals surface area (Å²) < 4.78 is 10.2. The first-order valence-electron chi connectivity index (χ1n) is 6.40. The lowest BCUT2D eigenvalue weighted by molar-refractivity contribution is -0.145. The number of thiocarbonyl (C=S) groups is 1. The molecule has 0 bridgehead atoms. The van der Waals surface area contributed by atoms with Crippen LogP contribution in [-0.4, -0.2) is 24.7 Å². The normalized spacial score (nSPS) is 11.7. The lowest BCUT2D eigenvalue weighted by Crippen LogP contribution is -2.14. The van der Waals surface area contributed by atoms with E-state index >= 15 is 0 Å². The Morgan fingerprint density at radius 2 is 2.16 bits per heavy atom. The van der Waals surface area contributed by atoms with Gasteiger partial charge in [-0.1, -0.05) is 31.2 Å². The first kappa shape index (κ1) is 15.6. The smallest absolute Gasteiger partial charge is 0.313 e. The maximum absolute atomic E-state index is 11.8. The number of benzene rings is 1. The first-order chi connectivity index (χ1) is 9.08. The maximum Gasteiger partial charge on any atom is 0.313 e. The Morgan fingerprint density at radius 1 is 1.42 bits per heavy atom. The topological polar surface area (TPSA) is 35.5 Å². The number of esters is 1. The van der Waals surface area contributed by atoms with Crippen molar-refractivity contribution in [2.45, 2.75) is 32.6 Å². The van der Waals surface area contributed by atoms with Crippen molar-refractivity contribution in [2.75, 3.05) is 13.7 Å². The van der Waals surface area contributed by atoms with Gasteiger partial charge < -0.3 is 9.47 Å². The zero-order valence-corrected chi connectivity index (χ0v) is 12.5. The Kier molecular flexibility index (Phi) is 6.50. The molecule has 0 fully saturated rings. The molecule has 0 heterocycles. The minimum absolute atomic E-state index is 0.187. The van der Waals surface area contributed by atoms with Gasteiger partial charge in [0, 0.05) is 6.42 Å². The highest BCUT2D eigenvalue weighted by Crippen LogP contribution is 2.19. The fourth-order valence-electron chi connectivity index (χ4n) is 1.67. The van der Waals surface area contributed by atoms with E-state index in [2.05, 4.69) is 0 Å². The van der Waals surface area contributed by atoms with Gasteiger partial charge >= 0.3 is 5.97 Å². The molecule has 1 aromatic rings. The summed E-state index contributed by atoms with van der Waals surface area (Å²) in [5.41, 5.74) is 1.98. The van der Waals surface area contributed by atoms with Gasteiger partial charge in [-0.3, -0.25) is 4.79 Å². The van der Waals surface area contributed by atoms with Gasteiger partial charge in [0.1, 0.15) is 0 Å². The molecule has 3 nitrogen and oxygen atoms in total. The number of hydrogen-bond donors (Lipinski definition) is 0. The van der Waals surface area contributed by atoms with E-state index < -0.39 is 0 Å². The molecule has 19 heavy (non-hydrogen) atoms. The summed E-state index contributed by atoms with van der Waals surface area (Å²) in [6, 6.07) is 7.80. The van der Waals surface area contributed by atoms with E-state index in [0.717, 1.165) is 17.5 Å². The molecule has 0 N–H and O–H groups in total. The maximum atomic E-state index is 11.8. The van der Waals surface area contributed by atoms with Gasteiger partial charge in [0.2, 0.25) is 0 Å². The summed E-state index contributed by atoms with van der Waals surface area (Å²) >= 11 is 5.04. The van der Waals surface area contributed by atoms with Gasteiger partial charge in [-0.05, 0) is 36.7 Å². The zero-order chi connectivity index (χ0) is 14.3. The summed E-state index contributed by atoms with van der Waals surface area (Å²) in [5, 5.41) is 0.540. The van der Waals surface area contributed by atoms with Gasteiger partial charge in [-0.2, -0.15) is 0 Å². The van der Waals surface area contributed by atoms with Crippen LogP contribution in [0, 0.1) is 0 Å². The van der Waals surface area contributed by atoms with Gasteiger partial charge in [-0.15, -0.1) is 0 Å². The molecule has 4 heteroatoms. The molecule has 0 radical (unpaired) electrons. The minimum atomic E-state index is -0.261. The van der Waals surface area contributed by atoms with Crippen molar-refractivity contribution in [1.82, 2.24) is 0 Å². The Balaban J connectivity index is 2.75. The number of methoxy groups -OCH3 is 1. The number of rotatable bonds is 6. The van der Waals surface area contributed by atoms with E-state index in [1.165, 1.54) is 0 Å². The van der Waals surface area contributed by atoms with Gasteiger partial charge in [-0.25, -0.2) is 0 Å². The van der Waals surface area contributed by atoms with E-state index in [1.807, 2.05) is 38.1 Å². The molecule has 0 saturated heterocycles. The molecular formula is C15H20O3S. The van der Waals surface area contributed by atoms with Crippen LogP contribution in [-0.2, 0) is 20.7 Å². The highest BCUT2D eigenvalue weighted by molar-refractivity contribution is 7.80. The fourth-order valence-corrected chi connectivity index (χ4v) is 1.84. The summed E-state index contributed by atoms with van der Waals surface area (Å²) in [6.45, 7) is 4.30. The summed E-state index contributed by atoms with van der Waals surface area (Å²) in [5.74, 6) is -0.448. The van der Waals surface area contributed by atoms with Crippen LogP contribution in [0.25, 0.3) is 0 Å². The predicted molar refractivity (Wildman–Crippen MR) is 79.4 cm³/mol. The van der Waals surface area contributed by atoms with Crippen molar-refractivity contribution in [1.29, 1.82) is 0 Å².